The fourth-order valence-electron chi connectivity index (χ4n) is 1.71. The number of aryl methyl sites for hydroxylation is 2. The SMILES string of the molecule is CCCCc1cc(C)c(C)c(N(C)C)n1. The molecule has 15 heavy (non-hydrogen) atoms. The molecule has 0 saturated carbocycles. The smallest absolute Gasteiger partial charge is 0.131 e. The zero-order chi connectivity index (χ0) is 11.4. The van der Waals surface area contributed by atoms with E-state index in [1.54, 1.807) is 0 Å². The Hall–Kier alpha value is -1.05. The Morgan fingerprint density at radius 2 is 1.93 bits per heavy atom. The molecule has 0 amide bonds. The molecule has 0 unspecified atom stereocenters. The first-order valence-corrected chi connectivity index (χ1v) is 5.70. The van der Waals surface area contributed by atoms with Crippen molar-refractivity contribution in [3.8, 4) is 0 Å². The van der Waals surface area contributed by atoms with Gasteiger partial charge in [-0.1, -0.05) is 13.3 Å². The molecule has 0 radical (unpaired) electrons. The molecular weight excluding hydrogens is 184 g/mol. The number of nitrogens with zero attached hydrogens (tertiary/aromatic N) is 2. The highest BCUT2D eigenvalue weighted by Crippen LogP contribution is 2.20. The van der Waals surface area contributed by atoms with Gasteiger partial charge in [0.2, 0.25) is 0 Å². The maximum Gasteiger partial charge on any atom is 0.131 e. The predicted molar refractivity (Wildman–Crippen MR) is 66.7 cm³/mol. The third kappa shape index (κ3) is 2.95. The standard InChI is InChI=1S/C13H22N2/c1-6-7-8-12-9-10(2)11(3)13(14-12)15(4)5/h9H,6-8H2,1-5H3. The first-order valence-electron chi connectivity index (χ1n) is 5.70. The van der Waals surface area contributed by atoms with E-state index < -0.39 is 0 Å². The fraction of sp³-hybridized carbons (Fsp3) is 0.615. The van der Waals surface area contributed by atoms with Crippen LogP contribution in [0.25, 0.3) is 0 Å². The van der Waals surface area contributed by atoms with Gasteiger partial charge in [0.05, 0.1) is 0 Å². The summed E-state index contributed by atoms with van der Waals surface area (Å²) >= 11 is 0. The lowest BCUT2D eigenvalue weighted by atomic mass is 10.1. The lowest BCUT2D eigenvalue weighted by Crippen LogP contribution is -2.14. The minimum absolute atomic E-state index is 1.10. The summed E-state index contributed by atoms with van der Waals surface area (Å²) in [5, 5.41) is 0. The molecular formula is C13H22N2. The molecule has 84 valence electrons. The third-order valence-corrected chi connectivity index (χ3v) is 2.77. The van der Waals surface area contributed by atoms with E-state index in [0.29, 0.717) is 0 Å². The highest BCUT2D eigenvalue weighted by Gasteiger charge is 2.07. The van der Waals surface area contributed by atoms with Gasteiger partial charge in [-0.3, -0.25) is 0 Å². The molecule has 2 nitrogen and oxygen atoms in total. The average molecular weight is 206 g/mol. The van der Waals surface area contributed by atoms with Gasteiger partial charge in [0.15, 0.2) is 0 Å². The Kier molecular flexibility index (Phi) is 4.13. The number of aromatic nitrogens is 1. The fourth-order valence-corrected chi connectivity index (χ4v) is 1.71. The van der Waals surface area contributed by atoms with Crippen molar-refractivity contribution >= 4 is 5.82 Å². The monoisotopic (exact) mass is 206 g/mol. The molecule has 0 saturated heterocycles. The maximum absolute atomic E-state index is 4.70. The van der Waals surface area contributed by atoms with Gasteiger partial charge in [-0.2, -0.15) is 0 Å². The average Bonchev–Trinajstić information content (AvgIpc) is 2.19. The van der Waals surface area contributed by atoms with Crippen LogP contribution in [0.3, 0.4) is 0 Å². The summed E-state index contributed by atoms with van der Waals surface area (Å²) in [5.74, 6) is 1.11. The van der Waals surface area contributed by atoms with Crippen LogP contribution in [0.15, 0.2) is 6.07 Å². The molecule has 2 heteroatoms. The van der Waals surface area contributed by atoms with Gasteiger partial charge in [-0.05, 0) is 43.9 Å². The van der Waals surface area contributed by atoms with E-state index in [1.807, 2.05) is 0 Å². The number of rotatable bonds is 4. The van der Waals surface area contributed by atoms with Crippen LogP contribution in [0.5, 0.6) is 0 Å². The summed E-state index contributed by atoms with van der Waals surface area (Å²) in [6.45, 7) is 6.52. The van der Waals surface area contributed by atoms with Gasteiger partial charge in [0, 0.05) is 19.8 Å². The molecule has 0 aliphatic rings. The van der Waals surface area contributed by atoms with Crippen LogP contribution in [-0.4, -0.2) is 19.1 Å². The van der Waals surface area contributed by atoms with Gasteiger partial charge >= 0.3 is 0 Å². The zero-order valence-corrected chi connectivity index (χ0v) is 10.6. The van der Waals surface area contributed by atoms with E-state index in [-0.39, 0.29) is 0 Å². The minimum atomic E-state index is 1.10. The molecule has 0 bridgehead atoms. The Morgan fingerprint density at radius 3 is 2.47 bits per heavy atom. The van der Waals surface area contributed by atoms with Gasteiger partial charge in [0.1, 0.15) is 5.82 Å². The first kappa shape index (κ1) is 12.0. The second-order valence-corrected chi connectivity index (χ2v) is 4.38. The van der Waals surface area contributed by atoms with Crippen molar-refractivity contribution in [2.75, 3.05) is 19.0 Å². The normalized spacial score (nSPS) is 10.5. The number of pyridine rings is 1. The number of hydrogen-bond donors (Lipinski definition) is 0. The van der Waals surface area contributed by atoms with E-state index in [0.717, 1.165) is 12.2 Å². The van der Waals surface area contributed by atoms with E-state index in [9.17, 15) is 0 Å². The van der Waals surface area contributed by atoms with E-state index in [2.05, 4.69) is 45.8 Å². The van der Waals surface area contributed by atoms with Crippen molar-refractivity contribution in [1.29, 1.82) is 0 Å². The molecule has 0 fully saturated rings. The van der Waals surface area contributed by atoms with Crippen molar-refractivity contribution in [2.24, 2.45) is 0 Å². The van der Waals surface area contributed by atoms with Crippen LogP contribution in [0, 0.1) is 13.8 Å². The molecule has 0 aliphatic heterocycles. The van der Waals surface area contributed by atoms with Gasteiger partial charge in [-0.25, -0.2) is 4.98 Å². The second kappa shape index (κ2) is 5.15. The number of unbranched alkanes of at least 4 members (excludes halogenated alkanes) is 1. The van der Waals surface area contributed by atoms with Crippen LogP contribution >= 0.6 is 0 Å². The first-order chi connectivity index (χ1) is 7.06. The Morgan fingerprint density at radius 1 is 1.27 bits per heavy atom. The van der Waals surface area contributed by atoms with Crippen LogP contribution < -0.4 is 4.90 Å². The third-order valence-electron chi connectivity index (χ3n) is 2.77. The molecule has 0 aliphatic carbocycles. The zero-order valence-electron chi connectivity index (χ0n) is 10.6. The van der Waals surface area contributed by atoms with E-state index in [4.69, 9.17) is 4.98 Å². The summed E-state index contributed by atoms with van der Waals surface area (Å²) in [6.07, 6.45) is 3.55. The highest BCUT2D eigenvalue weighted by molar-refractivity contribution is 5.49. The maximum atomic E-state index is 4.70. The molecule has 1 aromatic rings. The van der Waals surface area contributed by atoms with Crippen LogP contribution in [-0.2, 0) is 6.42 Å². The van der Waals surface area contributed by atoms with E-state index in [1.165, 1.54) is 29.7 Å². The Balaban J connectivity index is 3.00. The van der Waals surface area contributed by atoms with Gasteiger partial charge in [-0.15, -0.1) is 0 Å². The summed E-state index contributed by atoms with van der Waals surface area (Å²) < 4.78 is 0. The van der Waals surface area contributed by atoms with Crippen molar-refractivity contribution in [3.63, 3.8) is 0 Å². The van der Waals surface area contributed by atoms with Crippen molar-refractivity contribution in [2.45, 2.75) is 40.0 Å². The molecule has 0 atom stereocenters. The van der Waals surface area contributed by atoms with Crippen LogP contribution in [0.2, 0.25) is 0 Å². The summed E-state index contributed by atoms with van der Waals surface area (Å²) in [4.78, 5) is 6.79. The predicted octanol–water partition coefficient (Wildman–Crippen LogP) is 3.11. The molecule has 0 N–H and O–H groups in total. The Labute approximate surface area is 93.3 Å². The molecule has 0 aromatic carbocycles. The van der Waals surface area contributed by atoms with Crippen LogP contribution in [0.4, 0.5) is 5.82 Å². The largest absolute Gasteiger partial charge is 0.363 e. The van der Waals surface area contributed by atoms with Crippen molar-refractivity contribution in [1.82, 2.24) is 4.98 Å². The van der Waals surface area contributed by atoms with Gasteiger partial charge in [0.25, 0.3) is 0 Å². The summed E-state index contributed by atoms with van der Waals surface area (Å²) in [5.41, 5.74) is 3.86. The molecule has 1 rings (SSSR count). The minimum Gasteiger partial charge on any atom is -0.363 e. The Bertz CT molecular complexity index is 330. The van der Waals surface area contributed by atoms with E-state index >= 15 is 0 Å². The molecule has 0 spiro atoms. The molecule has 1 heterocycles. The van der Waals surface area contributed by atoms with Crippen LogP contribution in [0.1, 0.15) is 36.6 Å². The topological polar surface area (TPSA) is 16.1 Å². The van der Waals surface area contributed by atoms with Crippen molar-refractivity contribution < 1.29 is 0 Å². The highest BCUT2D eigenvalue weighted by atomic mass is 15.1. The number of hydrogen-bond acceptors (Lipinski definition) is 2. The lowest BCUT2D eigenvalue weighted by Gasteiger charge is -2.17. The summed E-state index contributed by atoms with van der Waals surface area (Å²) in [6, 6.07) is 2.22. The lowest BCUT2D eigenvalue weighted by molar-refractivity contribution is 0.773. The molecule has 1 aromatic heterocycles. The van der Waals surface area contributed by atoms with Crippen molar-refractivity contribution in [3.05, 3.63) is 22.9 Å². The summed E-state index contributed by atoms with van der Waals surface area (Å²) in [7, 11) is 4.11. The second-order valence-electron chi connectivity index (χ2n) is 4.38. The number of anilines is 1. The quantitative estimate of drug-likeness (QED) is 0.752. The van der Waals surface area contributed by atoms with Gasteiger partial charge < -0.3 is 4.90 Å².